The molecule has 0 atom stereocenters. The van der Waals surface area contributed by atoms with Crippen LogP contribution in [0.2, 0.25) is 0 Å². The summed E-state index contributed by atoms with van der Waals surface area (Å²) < 4.78 is 10.4. The molecule has 1 aromatic rings. The van der Waals surface area contributed by atoms with E-state index in [9.17, 15) is 14.4 Å². The van der Waals surface area contributed by atoms with Crippen molar-refractivity contribution in [1.29, 1.82) is 0 Å². The zero-order chi connectivity index (χ0) is 17.6. The number of fused-ring (bicyclic) bond motifs is 1. The minimum atomic E-state index is -0.502. The van der Waals surface area contributed by atoms with Crippen molar-refractivity contribution in [2.24, 2.45) is 0 Å². The van der Waals surface area contributed by atoms with Gasteiger partial charge in [0.15, 0.2) is 13.2 Å². The molecule has 2 aliphatic rings. The van der Waals surface area contributed by atoms with E-state index in [0.717, 1.165) is 25.7 Å². The molecule has 7 heteroatoms. The van der Waals surface area contributed by atoms with Crippen LogP contribution in [0.1, 0.15) is 32.1 Å². The van der Waals surface area contributed by atoms with Gasteiger partial charge >= 0.3 is 5.97 Å². The van der Waals surface area contributed by atoms with Gasteiger partial charge in [0.05, 0.1) is 12.1 Å². The van der Waals surface area contributed by atoms with E-state index in [1.54, 1.807) is 18.2 Å². The first-order chi connectivity index (χ1) is 12.1. The fourth-order valence-corrected chi connectivity index (χ4v) is 3.16. The number of ether oxygens (including phenoxy) is 2. The third kappa shape index (κ3) is 4.49. The number of amides is 2. The molecule has 0 spiro atoms. The highest BCUT2D eigenvalue weighted by molar-refractivity contribution is 5.98. The number of anilines is 1. The second-order valence-corrected chi connectivity index (χ2v) is 6.26. The number of benzene rings is 1. The second-order valence-electron chi connectivity index (χ2n) is 6.26. The summed E-state index contributed by atoms with van der Waals surface area (Å²) in [6.45, 7) is -0.124. The smallest absolute Gasteiger partial charge is 0.308 e. The van der Waals surface area contributed by atoms with Crippen LogP contribution in [0.5, 0.6) is 5.75 Å². The van der Waals surface area contributed by atoms with Crippen molar-refractivity contribution in [1.82, 2.24) is 5.32 Å². The zero-order valence-corrected chi connectivity index (χ0v) is 14.0. The number of carbonyl (C=O) groups is 3. The summed E-state index contributed by atoms with van der Waals surface area (Å²) in [6, 6.07) is 7.38. The van der Waals surface area contributed by atoms with E-state index in [2.05, 4.69) is 5.32 Å². The first kappa shape index (κ1) is 17.3. The summed E-state index contributed by atoms with van der Waals surface area (Å²) in [4.78, 5) is 37.2. The monoisotopic (exact) mass is 346 g/mol. The quantitative estimate of drug-likeness (QED) is 0.787. The lowest BCUT2D eigenvalue weighted by Crippen LogP contribution is -2.40. The number of nitrogens with zero attached hydrogens (tertiary/aromatic N) is 1. The van der Waals surface area contributed by atoms with Crippen LogP contribution in [0.25, 0.3) is 0 Å². The van der Waals surface area contributed by atoms with Crippen LogP contribution in [-0.4, -0.2) is 43.6 Å². The van der Waals surface area contributed by atoms with Crippen molar-refractivity contribution in [2.75, 3.05) is 24.7 Å². The number of para-hydroxylation sites is 2. The highest BCUT2D eigenvalue weighted by atomic mass is 16.5. The largest absolute Gasteiger partial charge is 0.482 e. The molecule has 134 valence electrons. The van der Waals surface area contributed by atoms with Gasteiger partial charge in [-0.2, -0.15) is 0 Å². The van der Waals surface area contributed by atoms with E-state index in [-0.39, 0.29) is 44.0 Å². The molecule has 25 heavy (non-hydrogen) atoms. The van der Waals surface area contributed by atoms with Gasteiger partial charge in [-0.05, 0) is 25.0 Å². The van der Waals surface area contributed by atoms with Crippen molar-refractivity contribution in [2.45, 2.75) is 38.1 Å². The number of nitrogens with one attached hydrogen (secondary N) is 1. The third-order valence-electron chi connectivity index (χ3n) is 4.43. The summed E-state index contributed by atoms with van der Waals surface area (Å²) in [5, 5.41) is 2.86. The van der Waals surface area contributed by atoms with E-state index in [4.69, 9.17) is 9.47 Å². The topological polar surface area (TPSA) is 84.9 Å². The molecule has 0 aromatic heterocycles. The van der Waals surface area contributed by atoms with Gasteiger partial charge < -0.3 is 19.7 Å². The van der Waals surface area contributed by atoms with Gasteiger partial charge in [0.25, 0.3) is 11.8 Å². The second kappa shape index (κ2) is 8.00. The predicted octanol–water partition coefficient (Wildman–Crippen LogP) is 1.40. The van der Waals surface area contributed by atoms with Crippen molar-refractivity contribution < 1.29 is 23.9 Å². The van der Waals surface area contributed by atoms with Crippen LogP contribution in [0, 0.1) is 0 Å². The average molecular weight is 346 g/mol. The molecule has 0 saturated heterocycles. The Morgan fingerprint density at radius 3 is 2.80 bits per heavy atom. The van der Waals surface area contributed by atoms with E-state index < -0.39 is 5.97 Å². The van der Waals surface area contributed by atoms with Gasteiger partial charge in [-0.1, -0.05) is 25.0 Å². The van der Waals surface area contributed by atoms with Crippen LogP contribution in [-0.2, 0) is 19.1 Å². The molecule has 3 rings (SSSR count). The highest BCUT2D eigenvalue weighted by Crippen LogP contribution is 2.31. The molecule has 1 aromatic carbocycles. The Morgan fingerprint density at radius 1 is 1.24 bits per heavy atom. The summed E-state index contributed by atoms with van der Waals surface area (Å²) in [5.41, 5.74) is 0.644. The van der Waals surface area contributed by atoms with Gasteiger partial charge in [0, 0.05) is 12.6 Å². The standard InChI is InChI=1S/C18H22N2O5/c21-16(19-13-5-1-2-6-13)11-25-18(23)9-10-20-14-7-3-4-8-15(14)24-12-17(20)22/h3-4,7-8,13H,1-2,5-6,9-12H2,(H,19,21). The Labute approximate surface area is 146 Å². The Kier molecular flexibility index (Phi) is 5.53. The van der Waals surface area contributed by atoms with Gasteiger partial charge in [0.1, 0.15) is 5.75 Å². The van der Waals surface area contributed by atoms with Gasteiger partial charge in [0.2, 0.25) is 0 Å². The predicted molar refractivity (Wildman–Crippen MR) is 90.3 cm³/mol. The highest BCUT2D eigenvalue weighted by Gasteiger charge is 2.25. The molecule has 0 unspecified atom stereocenters. The summed E-state index contributed by atoms with van der Waals surface area (Å²) in [6.07, 6.45) is 4.24. The Balaban J connectivity index is 1.44. The van der Waals surface area contributed by atoms with E-state index >= 15 is 0 Å². The van der Waals surface area contributed by atoms with Crippen molar-refractivity contribution in [3.63, 3.8) is 0 Å². The Bertz CT molecular complexity index is 655. The molecule has 1 heterocycles. The SMILES string of the molecule is O=C(COC(=O)CCN1C(=O)COc2ccccc21)NC1CCCC1. The van der Waals surface area contributed by atoms with Gasteiger partial charge in [-0.3, -0.25) is 14.4 Å². The average Bonchev–Trinajstić information content (AvgIpc) is 3.12. The number of hydrogen-bond donors (Lipinski definition) is 1. The molecule has 2 amide bonds. The molecule has 1 aliphatic carbocycles. The van der Waals surface area contributed by atoms with Crippen molar-refractivity contribution in [3.8, 4) is 5.75 Å². The molecule has 1 aliphatic heterocycles. The zero-order valence-electron chi connectivity index (χ0n) is 14.0. The van der Waals surface area contributed by atoms with E-state index in [1.165, 1.54) is 4.90 Å². The maximum atomic E-state index is 12.0. The first-order valence-corrected chi connectivity index (χ1v) is 8.60. The summed E-state index contributed by atoms with van der Waals surface area (Å²) in [5.74, 6) is -0.358. The molecular formula is C18H22N2O5. The van der Waals surface area contributed by atoms with Crippen LogP contribution in [0.4, 0.5) is 5.69 Å². The van der Waals surface area contributed by atoms with E-state index in [1.807, 2.05) is 6.07 Å². The van der Waals surface area contributed by atoms with Crippen LogP contribution in [0.3, 0.4) is 0 Å². The lowest BCUT2D eigenvalue weighted by Gasteiger charge is -2.28. The minimum Gasteiger partial charge on any atom is -0.482 e. The number of hydrogen-bond acceptors (Lipinski definition) is 5. The van der Waals surface area contributed by atoms with Crippen molar-refractivity contribution >= 4 is 23.5 Å². The lowest BCUT2D eigenvalue weighted by atomic mass is 10.2. The van der Waals surface area contributed by atoms with E-state index in [0.29, 0.717) is 11.4 Å². The number of carbonyl (C=O) groups excluding carboxylic acids is 3. The summed E-state index contributed by atoms with van der Waals surface area (Å²) >= 11 is 0. The Morgan fingerprint density at radius 2 is 2.00 bits per heavy atom. The van der Waals surface area contributed by atoms with Gasteiger partial charge in [-0.15, -0.1) is 0 Å². The van der Waals surface area contributed by atoms with Crippen LogP contribution < -0.4 is 15.0 Å². The van der Waals surface area contributed by atoms with Crippen LogP contribution in [0.15, 0.2) is 24.3 Å². The maximum absolute atomic E-state index is 12.0. The maximum Gasteiger partial charge on any atom is 0.308 e. The molecule has 0 bridgehead atoms. The molecule has 7 nitrogen and oxygen atoms in total. The fraction of sp³-hybridized carbons (Fsp3) is 0.500. The molecule has 1 fully saturated rings. The fourth-order valence-electron chi connectivity index (χ4n) is 3.16. The molecule has 0 radical (unpaired) electrons. The summed E-state index contributed by atoms with van der Waals surface area (Å²) in [7, 11) is 0. The normalized spacial score (nSPS) is 17.0. The molecule has 1 N–H and O–H groups in total. The third-order valence-corrected chi connectivity index (χ3v) is 4.43. The molecule has 1 saturated carbocycles. The minimum absolute atomic E-state index is 0.0246. The lowest BCUT2D eigenvalue weighted by molar-refractivity contribution is -0.148. The number of esters is 1. The van der Waals surface area contributed by atoms with Crippen LogP contribution >= 0.6 is 0 Å². The number of rotatable bonds is 6. The Hall–Kier alpha value is -2.57. The van der Waals surface area contributed by atoms with Crippen molar-refractivity contribution in [3.05, 3.63) is 24.3 Å². The molecular weight excluding hydrogens is 324 g/mol. The van der Waals surface area contributed by atoms with Gasteiger partial charge in [-0.25, -0.2) is 0 Å². The first-order valence-electron chi connectivity index (χ1n) is 8.60.